The van der Waals surface area contributed by atoms with Gasteiger partial charge in [0.1, 0.15) is 11.3 Å². The molecule has 0 atom stereocenters. The average molecular weight is 406 g/mol. The minimum Gasteiger partial charge on any atom is -0.423 e. The van der Waals surface area contributed by atoms with Gasteiger partial charge in [-0.2, -0.15) is 0 Å². The molecule has 0 radical (unpaired) electrons. The molecule has 0 unspecified atom stereocenters. The number of aryl methyl sites for hydroxylation is 1. The maximum atomic E-state index is 12.2. The standard InChI is InChI=1S/C17H11IO4/c1-10-8-16(19)22-15-9-11(6-7-12(10)15)21-17(20)13-4-2-3-5-14(13)18/h2-9H,1H3. The van der Waals surface area contributed by atoms with E-state index in [9.17, 15) is 9.59 Å². The highest BCUT2D eigenvalue weighted by atomic mass is 127. The quantitative estimate of drug-likeness (QED) is 0.280. The summed E-state index contributed by atoms with van der Waals surface area (Å²) in [6, 6.07) is 13.6. The van der Waals surface area contributed by atoms with Crippen LogP contribution in [-0.2, 0) is 0 Å². The Hall–Kier alpha value is -2.15. The van der Waals surface area contributed by atoms with Gasteiger partial charge in [-0.3, -0.25) is 0 Å². The number of ether oxygens (including phenoxy) is 1. The summed E-state index contributed by atoms with van der Waals surface area (Å²) >= 11 is 2.08. The van der Waals surface area contributed by atoms with E-state index in [0.717, 1.165) is 14.5 Å². The molecule has 1 heterocycles. The first-order chi connectivity index (χ1) is 10.5. The number of carbonyl (C=O) groups is 1. The van der Waals surface area contributed by atoms with Crippen LogP contribution in [0.3, 0.4) is 0 Å². The molecule has 0 amide bonds. The molecule has 5 heteroatoms. The van der Waals surface area contributed by atoms with Crippen LogP contribution in [0.1, 0.15) is 15.9 Å². The molecule has 0 aliphatic carbocycles. The molecule has 3 aromatic rings. The maximum Gasteiger partial charge on any atom is 0.344 e. The van der Waals surface area contributed by atoms with E-state index >= 15 is 0 Å². The van der Waals surface area contributed by atoms with E-state index in [1.54, 1.807) is 30.3 Å². The van der Waals surface area contributed by atoms with Crippen LogP contribution in [0.15, 0.2) is 57.7 Å². The predicted octanol–water partition coefficient (Wildman–Crippen LogP) is 3.93. The lowest BCUT2D eigenvalue weighted by molar-refractivity contribution is 0.0734. The Labute approximate surface area is 139 Å². The Bertz CT molecular complexity index is 927. The summed E-state index contributed by atoms with van der Waals surface area (Å²) in [6.07, 6.45) is 0. The third-order valence-electron chi connectivity index (χ3n) is 3.23. The van der Waals surface area contributed by atoms with Gasteiger partial charge in [0, 0.05) is 21.1 Å². The van der Waals surface area contributed by atoms with Crippen molar-refractivity contribution >= 4 is 39.5 Å². The van der Waals surface area contributed by atoms with Crippen molar-refractivity contribution in [3.05, 3.63) is 73.6 Å². The molecule has 22 heavy (non-hydrogen) atoms. The number of carbonyl (C=O) groups excluding carboxylic acids is 1. The van der Waals surface area contributed by atoms with Crippen molar-refractivity contribution < 1.29 is 13.9 Å². The lowest BCUT2D eigenvalue weighted by Crippen LogP contribution is -2.10. The Morgan fingerprint density at radius 2 is 1.91 bits per heavy atom. The highest BCUT2D eigenvalue weighted by molar-refractivity contribution is 14.1. The molecule has 0 aliphatic heterocycles. The fourth-order valence-electron chi connectivity index (χ4n) is 2.16. The zero-order valence-electron chi connectivity index (χ0n) is 11.6. The first kappa shape index (κ1) is 14.8. The summed E-state index contributed by atoms with van der Waals surface area (Å²) < 4.78 is 11.3. The number of rotatable bonds is 2. The second-order valence-electron chi connectivity index (χ2n) is 4.78. The largest absolute Gasteiger partial charge is 0.423 e. The van der Waals surface area contributed by atoms with Gasteiger partial charge in [0.05, 0.1) is 5.56 Å². The average Bonchev–Trinajstić information content (AvgIpc) is 2.47. The summed E-state index contributed by atoms with van der Waals surface area (Å²) in [6.45, 7) is 1.83. The number of hydrogen-bond acceptors (Lipinski definition) is 4. The first-order valence-electron chi connectivity index (χ1n) is 6.56. The van der Waals surface area contributed by atoms with Crippen LogP contribution in [0.25, 0.3) is 11.0 Å². The lowest BCUT2D eigenvalue weighted by Gasteiger charge is -2.07. The van der Waals surface area contributed by atoms with E-state index in [1.165, 1.54) is 6.07 Å². The van der Waals surface area contributed by atoms with Crippen molar-refractivity contribution in [1.82, 2.24) is 0 Å². The van der Waals surface area contributed by atoms with Crippen LogP contribution in [0.2, 0.25) is 0 Å². The summed E-state index contributed by atoms with van der Waals surface area (Å²) in [5, 5.41) is 0.814. The van der Waals surface area contributed by atoms with Crippen molar-refractivity contribution in [3.63, 3.8) is 0 Å². The summed E-state index contributed by atoms with van der Waals surface area (Å²) in [4.78, 5) is 23.6. The van der Waals surface area contributed by atoms with Crippen molar-refractivity contribution in [2.75, 3.05) is 0 Å². The van der Waals surface area contributed by atoms with Crippen LogP contribution < -0.4 is 10.4 Å². The maximum absolute atomic E-state index is 12.2. The summed E-state index contributed by atoms with van der Waals surface area (Å²) in [7, 11) is 0. The SMILES string of the molecule is Cc1cc(=O)oc2cc(OC(=O)c3ccccc3I)ccc12. The van der Waals surface area contributed by atoms with Gasteiger partial charge in [0.2, 0.25) is 0 Å². The fraction of sp³-hybridized carbons (Fsp3) is 0.0588. The molecule has 0 aliphatic rings. The highest BCUT2D eigenvalue weighted by Crippen LogP contribution is 2.23. The van der Waals surface area contributed by atoms with E-state index in [4.69, 9.17) is 9.15 Å². The molecule has 0 bridgehead atoms. The smallest absolute Gasteiger partial charge is 0.344 e. The molecule has 4 nitrogen and oxygen atoms in total. The van der Waals surface area contributed by atoms with Crippen LogP contribution in [0.4, 0.5) is 0 Å². The van der Waals surface area contributed by atoms with Crippen molar-refractivity contribution in [3.8, 4) is 5.75 Å². The topological polar surface area (TPSA) is 56.5 Å². The van der Waals surface area contributed by atoms with Gasteiger partial charge in [-0.15, -0.1) is 0 Å². The van der Waals surface area contributed by atoms with E-state index in [1.807, 2.05) is 19.1 Å². The molecule has 0 saturated heterocycles. The van der Waals surface area contributed by atoms with Gasteiger partial charge in [-0.1, -0.05) is 12.1 Å². The Kier molecular flexibility index (Phi) is 3.98. The normalized spacial score (nSPS) is 10.6. The number of halogens is 1. The van der Waals surface area contributed by atoms with Gasteiger partial charge < -0.3 is 9.15 Å². The highest BCUT2D eigenvalue weighted by Gasteiger charge is 2.13. The number of benzene rings is 2. The molecule has 1 aromatic heterocycles. The number of esters is 1. The van der Waals surface area contributed by atoms with E-state index < -0.39 is 11.6 Å². The number of hydrogen-bond donors (Lipinski definition) is 0. The zero-order chi connectivity index (χ0) is 15.7. The van der Waals surface area contributed by atoms with Crippen LogP contribution in [0.5, 0.6) is 5.75 Å². The first-order valence-corrected chi connectivity index (χ1v) is 7.64. The molecule has 0 fully saturated rings. The molecular weight excluding hydrogens is 395 g/mol. The molecule has 110 valence electrons. The summed E-state index contributed by atoms with van der Waals surface area (Å²) in [5.74, 6) is -0.106. The zero-order valence-corrected chi connectivity index (χ0v) is 13.8. The molecular formula is C17H11IO4. The minimum absolute atomic E-state index is 0.339. The Balaban J connectivity index is 1.96. The third-order valence-corrected chi connectivity index (χ3v) is 4.17. The molecule has 0 spiro atoms. The molecule has 2 aromatic carbocycles. The van der Waals surface area contributed by atoms with Gasteiger partial charge in [0.25, 0.3) is 0 Å². The van der Waals surface area contributed by atoms with Gasteiger partial charge in [0.15, 0.2) is 0 Å². The summed E-state index contributed by atoms with van der Waals surface area (Å²) in [5.41, 5.74) is 1.29. The lowest BCUT2D eigenvalue weighted by atomic mass is 10.1. The molecule has 0 N–H and O–H groups in total. The van der Waals surface area contributed by atoms with Crippen LogP contribution >= 0.6 is 22.6 Å². The molecule has 0 saturated carbocycles. The molecule has 3 rings (SSSR count). The fourth-order valence-corrected chi connectivity index (χ4v) is 2.77. The minimum atomic E-state index is -0.445. The second kappa shape index (κ2) is 5.92. The Morgan fingerprint density at radius 3 is 2.68 bits per heavy atom. The Morgan fingerprint density at radius 1 is 1.14 bits per heavy atom. The van der Waals surface area contributed by atoms with Gasteiger partial charge in [-0.25, -0.2) is 9.59 Å². The van der Waals surface area contributed by atoms with Crippen molar-refractivity contribution in [2.24, 2.45) is 0 Å². The van der Waals surface area contributed by atoms with E-state index in [2.05, 4.69) is 22.6 Å². The monoisotopic (exact) mass is 406 g/mol. The van der Waals surface area contributed by atoms with Crippen LogP contribution in [0, 0.1) is 10.5 Å². The predicted molar refractivity (Wildman–Crippen MR) is 91.3 cm³/mol. The van der Waals surface area contributed by atoms with Crippen molar-refractivity contribution in [1.29, 1.82) is 0 Å². The van der Waals surface area contributed by atoms with Crippen LogP contribution in [-0.4, -0.2) is 5.97 Å². The van der Waals surface area contributed by atoms with Crippen molar-refractivity contribution in [2.45, 2.75) is 6.92 Å². The van der Waals surface area contributed by atoms with Gasteiger partial charge in [-0.05, 0) is 59.3 Å². The van der Waals surface area contributed by atoms with E-state index in [0.29, 0.717) is 16.9 Å². The second-order valence-corrected chi connectivity index (χ2v) is 5.94. The third kappa shape index (κ3) is 2.89. The number of fused-ring (bicyclic) bond motifs is 1. The van der Waals surface area contributed by atoms with E-state index in [-0.39, 0.29) is 0 Å². The van der Waals surface area contributed by atoms with Gasteiger partial charge >= 0.3 is 11.6 Å².